The van der Waals surface area contributed by atoms with Crippen LogP contribution >= 0.6 is 0 Å². The van der Waals surface area contributed by atoms with Gasteiger partial charge in [-0.05, 0) is 19.3 Å². The van der Waals surface area contributed by atoms with E-state index in [1.54, 1.807) is 0 Å². The Kier molecular flexibility index (Phi) is 4.92. The van der Waals surface area contributed by atoms with E-state index >= 15 is 0 Å². The van der Waals surface area contributed by atoms with E-state index < -0.39 is 22.2 Å². The first-order chi connectivity index (χ1) is 6.98. The van der Waals surface area contributed by atoms with Gasteiger partial charge in [-0.15, -0.1) is 0 Å². The standard InChI is InChI=1S/C8H17OSi.2C2H5.Al/c1-10(2,3)8-6-4-5-7-9-8;2*1-2;/h4-7H2,1-3H3;2*1H2,2H3;. The van der Waals surface area contributed by atoms with Crippen LogP contribution in [0.1, 0.15) is 33.1 Å². The fourth-order valence-corrected chi connectivity index (χ4v) is 13.7. The first kappa shape index (κ1) is 13.8. The average Bonchev–Trinajstić information content (AvgIpc) is 2.19. The van der Waals surface area contributed by atoms with E-state index in [0.29, 0.717) is 4.09 Å². The minimum absolute atomic E-state index is 0.411. The fourth-order valence-electron chi connectivity index (χ4n) is 3.29. The highest BCUT2D eigenvalue weighted by Crippen LogP contribution is 2.38. The minimum atomic E-state index is -1.17. The van der Waals surface area contributed by atoms with Crippen molar-refractivity contribution in [2.45, 2.75) is 67.4 Å². The molecule has 1 atom stereocenters. The Labute approximate surface area is 101 Å². The molecular weight excluding hydrogens is 215 g/mol. The second-order valence-electron chi connectivity index (χ2n) is 5.96. The Bertz CT molecular complexity index is 190. The van der Waals surface area contributed by atoms with Crippen LogP contribution in [-0.4, -0.2) is 32.9 Å². The van der Waals surface area contributed by atoms with Crippen molar-refractivity contribution in [3.8, 4) is 0 Å². The van der Waals surface area contributed by atoms with Gasteiger partial charge in [0.1, 0.15) is 0 Å². The first-order valence-corrected chi connectivity index (χ1v) is 12.3. The molecule has 1 rings (SSSR count). The summed E-state index contributed by atoms with van der Waals surface area (Å²) in [5.74, 6) is 0. The van der Waals surface area contributed by atoms with Crippen LogP contribution in [-0.2, 0) is 4.74 Å². The van der Waals surface area contributed by atoms with Crippen molar-refractivity contribution in [2.75, 3.05) is 6.61 Å². The molecule has 1 saturated heterocycles. The number of rotatable bonds is 4. The molecule has 0 bridgehead atoms. The quantitative estimate of drug-likeness (QED) is 0.680. The lowest BCUT2D eigenvalue weighted by molar-refractivity contribution is 0.0248. The molecule has 0 amide bonds. The molecule has 1 heterocycles. The summed E-state index contributed by atoms with van der Waals surface area (Å²) in [4.78, 5) is 0. The summed E-state index contributed by atoms with van der Waals surface area (Å²) >= 11 is -0.695. The number of hydrogen-bond donors (Lipinski definition) is 0. The lowest BCUT2D eigenvalue weighted by atomic mass is 10.2. The van der Waals surface area contributed by atoms with Crippen molar-refractivity contribution < 1.29 is 4.74 Å². The fraction of sp³-hybridized carbons (Fsp3) is 1.00. The topological polar surface area (TPSA) is 9.23 Å². The van der Waals surface area contributed by atoms with Gasteiger partial charge < -0.3 is 4.74 Å². The Morgan fingerprint density at radius 3 is 2.07 bits per heavy atom. The summed E-state index contributed by atoms with van der Waals surface area (Å²) < 4.78 is 6.81. The van der Waals surface area contributed by atoms with Gasteiger partial charge in [0.15, 0.2) is 0 Å². The molecule has 1 fully saturated rings. The molecule has 0 aromatic heterocycles. The molecule has 88 valence electrons. The summed E-state index contributed by atoms with van der Waals surface area (Å²) in [5, 5.41) is 2.83. The third-order valence-corrected chi connectivity index (χ3v) is 14.7. The summed E-state index contributed by atoms with van der Waals surface area (Å²) in [6, 6.07) is 0. The lowest BCUT2D eigenvalue weighted by Crippen LogP contribution is -2.64. The second kappa shape index (κ2) is 5.36. The molecule has 1 aliphatic rings. The molecule has 0 aromatic rings. The normalized spacial score (nSPS) is 27.8. The van der Waals surface area contributed by atoms with E-state index in [1.165, 1.54) is 29.8 Å². The van der Waals surface area contributed by atoms with Gasteiger partial charge in [0.05, 0.1) is 8.07 Å². The van der Waals surface area contributed by atoms with Crippen LogP contribution in [0.2, 0.25) is 30.2 Å². The Balaban J connectivity index is 2.93. The van der Waals surface area contributed by atoms with Crippen LogP contribution < -0.4 is 0 Å². The van der Waals surface area contributed by atoms with Crippen molar-refractivity contribution in [2.24, 2.45) is 0 Å². The zero-order valence-corrected chi connectivity index (χ0v) is 13.4. The molecule has 1 unspecified atom stereocenters. The van der Waals surface area contributed by atoms with Crippen LogP contribution in [0.5, 0.6) is 0 Å². The van der Waals surface area contributed by atoms with Crippen LogP contribution in [0.15, 0.2) is 0 Å². The Morgan fingerprint density at radius 2 is 1.73 bits per heavy atom. The van der Waals surface area contributed by atoms with Crippen LogP contribution in [0, 0.1) is 0 Å². The highest BCUT2D eigenvalue weighted by molar-refractivity contribution is 6.92. The molecule has 0 radical (unpaired) electrons. The molecule has 0 spiro atoms. The maximum atomic E-state index is 6.40. The SMILES string of the molecule is C[CH2][Al]([CH2]C)[C]1([Si](C)(C)C)CCCCO1. The zero-order valence-electron chi connectivity index (χ0n) is 11.2. The maximum Gasteiger partial charge on any atom is 0.305 e. The highest BCUT2D eigenvalue weighted by atomic mass is 28.3. The van der Waals surface area contributed by atoms with E-state index in [1.807, 2.05) is 0 Å². The molecular formula is C12H27AlOSi. The molecule has 1 aliphatic heterocycles. The molecule has 0 saturated carbocycles. The molecule has 15 heavy (non-hydrogen) atoms. The molecule has 0 N–H and O–H groups in total. The van der Waals surface area contributed by atoms with Crippen molar-refractivity contribution in [1.29, 1.82) is 0 Å². The van der Waals surface area contributed by atoms with E-state index in [0.717, 1.165) is 6.61 Å². The van der Waals surface area contributed by atoms with Gasteiger partial charge in [0, 0.05) is 10.7 Å². The van der Waals surface area contributed by atoms with Gasteiger partial charge in [-0.2, -0.15) is 0 Å². The van der Waals surface area contributed by atoms with Gasteiger partial charge in [0.25, 0.3) is 0 Å². The van der Waals surface area contributed by atoms with Gasteiger partial charge >= 0.3 is 14.1 Å². The van der Waals surface area contributed by atoms with Crippen molar-refractivity contribution in [3.63, 3.8) is 0 Å². The van der Waals surface area contributed by atoms with Crippen LogP contribution in [0.4, 0.5) is 0 Å². The van der Waals surface area contributed by atoms with Gasteiger partial charge in [-0.3, -0.25) is 0 Å². The second-order valence-corrected chi connectivity index (χ2v) is 15.8. The van der Waals surface area contributed by atoms with Gasteiger partial charge in [0.2, 0.25) is 0 Å². The highest BCUT2D eigenvalue weighted by Gasteiger charge is 2.51. The minimum Gasteiger partial charge on any atom is -0.393 e. The van der Waals surface area contributed by atoms with E-state index in [9.17, 15) is 0 Å². The molecule has 1 nitrogen and oxygen atoms in total. The third-order valence-electron chi connectivity index (χ3n) is 4.22. The molecule has 3 heteroatoms. The molecule has 0 aromatic carbocycles. The monoisotopic (exact) mass is 242 g/mol. The van der Waals surface area contributed by atoms with Gasteiger partial charge in [-0.25, -0.2) is 0 Å². The zero-order chi connectivity index (χ0) is 11.5. The van der Waals surface area contributed by atoms with Crippen molar-refractivity contribution in [1.82, 2.24) is 0 Å². The predicted octanol–water partition coefficient (Wildman–Crippen LogP) is 3.88. The number of ether oxygens (including phenoxy) is 1. The van der Waals surface area contributed by atoms with E-state index in [4.69, 9.17) is 4.74 Å². The molecule has 0 aliphatic carbocycles. The summed E-state index contributed by atoms with van der Waals surface area (Å²) in [6.07, 6.45) is 4.08. The Morgan fingerprint density at radius 1 is 1.13 bits per heavy atom. The van der Waals surface area contributed by atoms with E-state index in [-0.39, 0.29) is 0 Å². The van der Waals surface area contributed by atoms with Crippen LogP contribution in [0.3, 0.4) is 0 Å². The van der Waals surface area contributed by atoms with Crippen molar-refractivity contribution >= 4 is 22.2 Å². The first-order valence-electron chi connectivity index (χ1n) is 6.62. The largest absolute Gasteiger partial charge is 0.393 e. The third kappa shape index (κ3) is 2.69. The maximum absolute atomic E-state index is 6.40. The number of hydrogen-bond acceptors (Lipinski definition) is 1. The predicted molar refractivity (Wildman–Crippen MR) is 72.6 cm³/mol. The lowest BCUT2D eigenvalue weighted by Gasteiger charge is -2.49. The summed E-state index contributed by atoms with van der Waals surface area (Å²) in [5.41, 5.74) is 0. The van der Waals surface area contributed by atoms with Crippen LogP contribution in [0.25, 0.3) is 0 Å². The summed E-state index contributed by atoms with van der Waals surface area (Å²) in [6.45, 7) is 13.4. The van der Waals surface area contributed by atoms with Crippen molar-refractivity contribution in [3.05, 3.63) is 0 Å². The van der Waals surface area contributed by atoms with E-state index in [2.05, 4.69) is 33.5 Å². The average molecular weight is 242 g/mol. The Hall–Kier alpha value is 0.709. The summed E-state index contributed by atoms with van der Waals surface area (Å²) in [7, 11) is -1.17. The smallest absolute Gasteiger partial charge is 0.305 e. The van der Waals surface area contributed by atoms with Gasteiger partial charge in [-0.1, -0.05) is 44.1 Å².